The number of hydrogen-bond acceptors (Lipinski definition) is 14. The summed E-state index contributed by atoms with van der Waals surface area (Å²) < 4.78 is 0. The van der Waals surface area contributed by atoms with E-state index in [1.165, 1.54) is 0 Å². The number of aliphatic carboxylic acids is 2. The van der Waals surface area contributed by atoms with Crippen LogP contribution in [0.3, 0.4) is 0 Å². The van der Waals surface area contributed by atoms with Crippen LogP contribution in [0.4, 0.5) is 0 Å². The molecular weight excluding hydrogens is 980 g/mol. The van der Waals surface area contributed by atoms with Gasteiger partial charge in [0.15, 0.2) is 0 Å². The zero-order chi connectivity index (χ0) is 56.6. The Bertz CT molecular complexity index is 1360. The summed E-state index contributed by atoms with van der Waals surface area (Å²) in [6, 6.07) is -0.457. The van der Waals surface area contributed by atoms with E-state index < -0.39 is 30.3 Å². The number of amides is 4. The molecule has 4 amide bonds. The lowest BCUT2D eigenvalue weighted by atomic mass is 10.0. The second kappa shape index (κ2) is 48.2. The minimum absolute atomic E-state index is 0.00184. The quantitative estimate of drug-likeness (QED) is 0.0545. The number of carbonyl (C=O) groups is 6. The first kappa shape index (κ1) is 79.6. The van der Waals surface area contributed by atoms with Gasteiger partial charge in [0.1, 0.15) is 0 Å². The molecule has 0 aliphatic carbocycles. The monoisotopic (exact) mass is 1080 g/mol. The molecule has 0 saturated carbocycles. The average Bonchev–Trinajstić information content (AvgIpc) is 3.24. The van der Waals surface area contributed by atoms with E-state index in [1.807, 2.05) is 83.1 Å². The summed E-state index contributed by atoms with van der Waals surface area (Å²) in [7, 11) is 6.31. The number of hydrogen-bond donors (Lipinski definition) is 14. The molecule has 0 fully saturated rings. The summed E-state index contributed by atoms with van der Waals surface area (Å²) in [5, 5.41) is 71.9. The number of carbonyl (C=O) groups excluding carboxylic acids is 4. The van der Waals surface area contributed by atoms with Gasteiger partial charge in [-0.15, -0.1) is 0 Å². The van der Waals surface area contributed by atoms with Crippen LogP contribution in [0, 0.1) is 23.7 Å². The van der Waals surface area contributed by atoms with Crippen LogP contribution in [0.25, 0.3) is 0 Å². The van der Waals surface area contributed by atoms with Crippen LogP contribution in [-0.2, 0) is 28.8 Å². The van der Waals surface area contributed by atoms with E-state index in [9.17, 15) is 49.2 Å². The fraction of sp³-hybridized carbons (Fsp3) is 0.870. The molecule has 0 heterocycles. The summed E-state index contributed by atoms with van der Waals surface area (Å²) in [6.07, 6.45) is 0.778. The molecule has 0 spiro atoms. The van der Waals surface area contributed by atoms with Crippen molar-refractivity contribution in [2.45, 2.75) is 236 Å². The predicted octanol–water partition coefficient (Wildman–Crippen LogP) is 3.97. The maximum atomic E-state index is 11.5. The van der Waals surface area contributed by atoms with Crippen LogP contribution in [-0.4, -0.2) is 139 Å². The van der Waals surface area contributed by atoms with Crippen molar-refractivity contribution in [2.75, 3.05) is 0 Å². The summed E-state index contributed by atoms with van der Waals surface area (Å²) in [4.78, 5) is 64.4. The standard InChI is InChI=1S/C13H26N2O3.C10H24N2O2P2.C10H22N2O2.C6H18N2OP2.C4H8O2.C3H6O2/c1-6-12(17)15-10(5)11(16)7-9(4)14-13(18)8(2)3;1-6(2)10(14)11-7(3)5-9(13)8(4)12-16-15;1-6(2)10(14)12-7(3)5-9(13)8(4)11;1-4(7)3-6(9)5(2)8-11-10;1-3(2)4(5)6;1-2-3(4)5/h8-11,16H,6-7H2,1-5H3,(H,14,18)(H,15,17);6-9,12-13,16H,5,15H2,1-4H3,(H,11,14);6-9,13H,5,11H2,1-4H3,(H,12,14);4-6,8-9,11H,3,7,10H2,1-2H3;3H,1-2H3,(H,5,6);2H2,1H3,(H,4,5). The number of rotatable bonds is 26. The third-order valence-electron chi connectivity index (χ3n) is 9.60. The molecule has 0 bridgehead atoms. The lowest BCUT2D eigenvalue weighted by molar-refractivity contribution is -0.140. The fourth-order valence-electron chi connectivity index (χ4n) is 4.61. The van der Waals surface area contributed by atoms with Crippen molar-refractivity contribution in [3.05, 3.63) is 0 Å². The Kier molecular flexibility index (Phi) is 54.8. The highest BCUT2D eigenvalue weighted by molar-refractivity contribution is 8.02. The molecule has 16 atom stereocenters. The molecule has 0 aliphatic rings. The van der Waals surface area contributed by atoms with Crippen molar-refractivity contribution in [2.24, 2.45) is 35.1 Å². The summed E-state index contributed by atoms with van der Waals surface area (Å²) >= 11 is 0. The predicted molar refractivity (Wildman–Crippen MR) is 297 cm³/mol. The van der Waals surface area contributed by atoms with E-state index in [1.54, 1.807) is 41.5 Å². The SMILES string of the molecule is CC(C)C(=O)O.CC(CC(O)C(C)N)NC(=O)C(C)C.CC(CC(O)C(C)NPP)NC(=O)C(C)C.CC(N)CC(O)C(C)NPP.CCC(=O)NC(C)C(O)CC(C)NC(=O)C(C)C.CCC(=O)O. The third-order valence-corrected chi connectivity index (χ3v) is 11.8. The highest BCUT2D eigenvalue weighted by atomic mass is 32.0. The van der Waals surface area contributed by atoms with Gasteiger partial charge in [-0.1, -0.05) is 87.1 Å². The summed E-state index contributed by atoms with van der Waals surface area (Å²) in [6.45, 7) is 32.6. The maximum Gasteiger partial charge on any atom is 0.305 e. The molecule has 16 unspecified atom stereocenters. The Hall–Kier alpha value is -1.78. The number of nitrogens with one attached hydrogen (secondary N) is 6. The van der Waals surface area contributed by atoms with Crippen LogP contribution in [0.5, 0.6) is 0 Å². The number of carboxylic acid groups (broad SMARTS) is 2. The molecule has 0 aliphatic heterocycles. The van der Waals surface area contributed by atoms with E-state index in [4.69, 9.17) is 21.7 Å². The topological polar surface area (TPSA) is 348 Å². The maximum absolute atomic E-state index is 11.5. The Balaban J connectivity index is -0.000000183. The van der Waals surface area contributed by atoms with Crippen LogP contribution < -0.4 is 42.9 Å². The van der Waals surface area contributed by atoms with Gasteiger partial charge in [0.05, 0.1) is 36.4 Å². The molecule has 420 valence electrons. The molecule has 0 saturated heterocycles. The van der Waals surface area contributed by atoms with Gasteiger partial charge in [-0.2, -0.15) is 0 Å². The molecule has 24 heteroatoms. The summed E-state index contributed by atoms with van der Waals surface area (Å²) in [5.41, 5.74) is 11.0. The van der Waals surface area contributed by atoms with Gasteiger partial charge < -0.3 is 63.4 Å². The highest BCUT2D eigenvalue weighted by Gasteiger charge is 2.22. The fourth-order valence-corrected chi connectivity index (χ4v) is 7.10. The average molecular weight is 1090 g/mol. The van der Waals surface area contributed by atoms with Crippen LogP contribution >= 0.6 is 34.7 Å². The first-order chi connectivity index (χ1) is 32.0. The van der Waals surface area contributed by atoms with E-state index in [2.05, 4.69) is 49.3 Å². The Morgan fingerprint density at radius 1 is 0.457 bits per heavy atom. The van der Waals surface area contributed by atoms with Gasteiger partial charge in [-0.05, 0) is 97.9 Å². The Morgan fingerprint density at radius 2 is 0.729 bits per heavy atom. The Labute approximate surface area is 430 Å². The van der Waals surface area contributed by atoms with E-state index in [0.717, 1.165) is 0 Å². The number of nitrogens with two attached hydrogens (primary N) is 2. The van der Waals surface area contributed by atoms with Crippen molar-refractivity contribution in [3.8, 4) is 0 Å². The Morgan fingerprint density at radius 3 is 0.943 bits per heavy atom. The molecule has 70 heavy (non-hydrogen) atoms. The van der Waals surface area contributed by atoms with Gasteiger partial charge in [-0.3, -0.25) is 38.9 Å². The molecule has 0 aromatic heterocycles. The smallest absolute Gasteiger partial charge is 0.305 e. The van der Waals surface area contributed by atoms with Gasteiger partial charge >= 0.3 is 11.9 Å². The van der Waals surface area contributed by atoms with Crippen molar-refractivity contribution in [1.29, 1.82) is 0 Å². The van der Waals surface area contributed by atoms with Crippen LogP contribution in [0.15, 0.2) is 0 Å². The third kappa shape index (κ3) is 54.0. The van der Waals surface area contributed by atoms with Crippen LogP contribution in [0.2, 0.25) is 0 Å². The number of aliphatic hydroxyl groups excluding tert-OH is 4. The van der Waals surface area contributed by atoms with E-state index in [0.29, 0.717) is 48.9 Å². The second-order valence-electron chi connectivity index (χ2n) is 18.8. The van der Waals surface area contributed by atoms with Gasteiger partial charge in [0, 0.05) is 72.9 Å². The number of carboxylic acids is 2. The highest BCUT2D eigenvalue weighted by Crippen LogP contribution is 2.18. The first-order valence-electron chi connectivity index (χ1n) is 24.3. The zero-order valence-electron chi connectivity index (χ0n) is 45.9. The minimum Gasteiger partial charge on any atom is -0.481 e. The molecule has 0 radical (unpaired) electrons. The van der Waals surface area contributed by atoms with Crippen molar-refractivity contribution >= 4 is 70.3 Å². The van der Waals surface area contributed by atoms with Crippen molar-refractivity contribution in [3.63, 3.8) is 0 Å². The molecule has 16 N–H and O–H groups in total. The minimum atomic E-state index is -0.745. The van der Waals surface area contributed by atoms with Gasteiger partial charge in [0.2, 0.25) is 23.6 Å². The normalized spacial score (nSPS) is 16.2. The largest absolute Gasteiger partial charge is 0.481 e. The van der Waals surface area contributed by atoms with Gasteiger partial charge in [-0.25, -0.2) is 0 Å². The lowest BCUT2D eigenvalue weighted by Gasteiger charge is -2.24. The van der Waals surface area contributed by atoms with E-state index >= 15 is 0 Å². The van der Waals surface area contributed by atoms with Gasteiger partial charge in [0.25, 0.3) is 0 Å². The summed E-state index contributed by atoms with van der Waals surface area (Å²) in [5.74, 6) is -1.89. The molecule has 20 nitrogen and oxygen atoms in total. The molecule has 0 aromatic rings. The lowest BCUT2D eigenvalue weighted by Crippen LogP contribution is -2.45. The first-order valence-corrected chi connectivity index (χ1v) is 29.9. The zero-order valence-corrected chi connectivity index (χ0v) is 50.2. The molecule has 0 rings (SSSR count). The second-order valence-corrected chi connectivity index (χ2v) is 21.7. The molecule has 0 aromatic carbocycles. The van der Waals surface area contributed by atoms with E-state index in [-0.39, 0.29) is 108 Å². The molecular formula is C46H104N8O12P4. The van der Waals surface area contributed by atoms with Crippen molar-refractivity contribution in [1.82, 2.24) is 31.4 Å². The van der Waals surface area contributed by atoms with Crippen LogP contribution in [0.1, 0.15) is 163 Å². The number of aliphatic hydroxyl groups is 4. The van der Waals surface area contributed by atoms with Crippen molar-refractivity contribution < 1.29 is 59.4 Å².